The Labute approximate surface area is 150 Å². The average Bonchev–Trinajstić information content (AvgIpc) is 2.88. The van der Waals surface area contributed by atoms with Gasteiger partial charge in [-0.25, -0.2) is 0 Å². The van der Waals surface area contributed by atoms with E-state index in [-0.39, 0.29) is 28.6 Å². The lowest BCUT2D eigenvalue weighted by Crippen LogP contribution is -2.61. The highest BCUT2D eigenvalue weighted by molar-refractivity contribution is 5.99. The maximum atomic E-state index is 13.8. The quantitative estimate of drug-likeness (QED) is 0.871. The molecule has 0 unspecified atom stereocenters. The number of hydrogen-bond donors (Lipinski definition) is 1. The molecule has 1 aromatic rings. The second kappa shape index (κ2) is 6.26. The lowest BCUT2D eigenvalue weighted by atomic mass is 9.76. The Morgan fingerprint density at radius 1 is 1.31 bits per heavy atom. The van der Waals surface area contributed by atoms with Crippen molar-refractivity contribution < 1.29 is 23.1 Å². The number of benzene rings is 1. The predicted octanol–water partition coefficient (Wildman–Crippen LogP) is 3.25. The molecule has 1 aromatic carbocycles. The van der Waals surface area contributed by atoms with Gasteiger partial charge in [-0.2, -0.15) is 23.3 Å². The van der Waals surface area contributed by atoms with Crippen LogP contribution in [-0.4, -0.2) is 47.7 Å². The molecule has 8 heteroatoms. The molecule has 142 valence electrons. The van der Waals surface area contributed by atoms with Crippen molar-refractivity contribution in [3.8, 4) is 0 Å². The zero-order chi connectivity index (χ0) is 19.3. The first kappa shape index (κ1) is 18.7. The van der Waals surface area contributed by atoms with E-state index in [1.165, 1.54) is 12.1 Å². The molecule has 1 saturated carbocycles. The smallest absolute Gasteiger partial charge is 0.378 e. The molecule has 3 atom stereocenters. The Hall–Kier alpha value is -2.09. The molecule has 1 N–H and O–H groups in total. The molecule has 0 saturated heterocycles. The van der Waals surface area contributed by atoms with E-state index in [0.717, 1.165) is 5.69 Å². The van der Waals surface area contributed by atoms with Crippen LogP contribution in [0.3, 0.4) is 0 Å². The third-order valence-corrected chi connectivity index (χ3v) is 5.21. The van der Waals surface area contributed by atoms with Crippen molar-refractivity contribution in [2.75, 3.05) is 19.0 Å². The molecule has 1 amide bonds. The van der Waals surface area contributed by atoms with Gasteiger partial charge in [0.25, 0.3) is 11.6 Å². The Balaban J connectivity index is 1.98. The fourth-order valence-corrected chi connectivity index (χ4v) is 3.64. The number of alkyl halides is 3. The van der Waals surface area contributed by atoms with Gasteiger partial charge in [-0.05, 0) is 49.4 Å². The second-order valence-electron chi connectivity index (χ2n) is 7.31. The van der Waals surface area contributed by atoms with Crippen molar-refractivity contribution in [3.63, 3.8) is 0 Å². The van der Waals surface area contributed by atoms with Crippen LogP contribution in [0.5, 0.6) is 0 Å². The first-order chi connectivity index (χ1) is 12.1. The Bertz CT molecular complexity index is 730. The maximum Gasteiger partial charge on any atom is 0.439 e. The first-order valence-corrected chi connectivity index (χ1v) is 8.54. The average molecular weight is 369 g/mol. The molecule has 0 bridgehead atoms. The minimum Gasteiger partial charge on any atom is -0.378 e. The lowest BCUT2D eigenvalue weighted by molar-refractivity contribution is -0.313. The van der Waals surface area contributed by atoms with Crippen molar-refractivity contribution >= 4 is 17.3 Å². The van der Waals surface area contributed by atoms with E-state index >= 15 is 0 Å². The summed E-state index contributed by atoms with van der Waals surface area (Å²) in [4.78, 5) is 14.6. The molecule has 1 fully saturated rings. The van der Waals surface area contributed by atoms with Crippen LogP contribution in [0.4, 0.5) is 18.9 Å². The third kappa shape index (κ3) is 2.86. The number of fused-ring (bicyclic) bond motifs is 1. The number of amides is 1. The summed E-state index contributed by atoms with van der Waals surface area (Å²) >= 11 is 0. The van der Waals surface area contributed by atoms with Gasteiger partial charge in [0.05, 0.1) is 5.92 Å². The van der Waals surface area contributed by atoms with Crippen molar-refractivity contribution in [1.82, 2.24) is 5.01 Å². The number of anilines is 1. The number of carbonyl (C=O) groups is 1. The highest BCUT2D eigenvalue weighted by Crippen LogP contribution is 2.49. The van der Waals surface area contributed by atoms with Gasteiger partial charge in [0.15, 0.2) is 0 Å². The van der Waals surface area contributed by atoms with Crippen LogP contribution in [-0.2, 0) is 0 Å². The summed E-state index contributed by atoms with van der Waals surface area (Å²) in [6.07, 6.45) is -3.80. The van der Waals surface area contributed by atoms with Gasteiger partial charge in [0.2, 0.25) is 0 Å². The van der Waals surface area contributed by atoms with Crippen LogP contribution >= 0.6 is 0 Å². The SMILES string of the molecule is C[C@@H]1CCC2=NN(C(=O)c3ccc(N(C)C)cc3)[C@](O)(C(F)(F)F)[C@H]2C1. The van der Waals surface area contributed by atoms with E-state index in [1.807, 2.05) is 25.9 Å². The standard InChI is InChI=1S/C18H22F3N3O2/c1-11-4-9-15-14(10-11)17(26,18(19,20)21)24(22-15)16(25)12-5-7-13(8-6-12)23(2)3/h5-8,11,14,26H,4,9-10H2,1-3H3/t11-,14+,17-/m1/s1. The first-order valence-electron chi connectivity index (χ1n) is 8.54. The molecule has 5 nitrogen and oxygen atoms in total. The van der Waals surface area contributed by atoms with E-state index in [1.54, 1.807) is 12.1 Å². The predicted molar refractivity (Wildman–Crippen MR) is 91.9 cm³/mol. The van der Waals surface area contributed by atoms with Crippen molar-refractivity contribution in [3.05, 3.63) is 29.8 Å². The summed E-state index contributed by atoms with van der Waals surface area (Å²) < 4.78 is 41.4. The number of carbonyl (C=O) groups excluding carboxylic acids is 1. The minimum atomic E-state index is -5.00. The third-order valence-electron chi connectivity index (χ3n) is 5.21. The molecule has 2 aliphatic rings. The molecule has 0 aromatic heterocycles. The molecule has 0 radical (unpaired) electrons. The van der Waals surface area contributed by atoms with Crippen LogP contribution in [0.15, 0.2) is 29.4 Å². The van der Waals surface area contributed by atoms with Gasteiger partial charge in [0, 0.05) is 31.1 Å². The zero-order valence-corrected chi connectivity index (χ0v) is 14.9. The number of hydrazone groups is 1. The van der Waals surface area contributed by atoms with Gasteiger partial charge in [-0.15, -0.1) is 0 Å². The highest BCUT2D eigenvalue weighted by Gasteiger charge is 2.68. The summed E-state index contributed by atoms with van der Waals surface area (Å²) in [7, 11) is 3.63. The van der Waals surface area contributed by atoms with Crippen LogP contribution in [0.1, 0.15) is 36.5 Å². The van der Waals surface area contributed by atoms with Gasteiger partial charge in [-0.1, -0.05) is 6.92 Å². The molecule has 26 heavy (non-hydrogen) atoms. The Kier molecular flexibility index (Phi) is 4.50. The summed E-state index contributed by atoms with van der Waals surface area (Å²) in [6.45, 7) is 1.85. The second-order valence-corrected chi connectivity index (χ2v) is 7.31. The van der Waals surface area contributed by atoms with Crippen LogP contribution < -0.4 is 4.90 Å². The molecule has 1 heterocycles. The largest absolute Gasteiger partial charge is 0.439 e. The van der Waals surface area contributed by atoms with Crippen molar-refractivity contribution in [2.24, 2.45) is 16.9 Å². The topological polar surface area (TPSA) is 56.1 Å². The number of aliphatic hydroxyl groups is 1. The van der Waals surface area contributed by atoms with Crippen LogP contribution in [0.2, 0.25) is 0 Å². The molecule has 1 aliphatic heterocycles. The monoisotopic (exact) mass is 369 g/mol. The van der Waals surface area contributed by atoms with Gasteiger partial charge in [-0.3, -0.25) is 4.79 Å². The van der Waals surface area contributed by atoms with E-state index in [2.05, 4.69) is 5.10 Å². The normalized spacial score (nSPS) is 28.6. The van der Waals surface area contributed by atoms with E-state index in [0.29, 0.717) is 12.8 Å². The van der Waals surface area contributed by atoms with E-state index in [9.17, 15) is 23.1 Å². The minimum absolute atomic E-state index is 0.0299. The number of halogens is 3. The van der Waals surface area contributed by atoms with Gasteiger partial charge < -0.3 is 10.0 Å². The molecule has 3 rings (SSSR count). The zero-order valence-electron chi connectivity index (χ0n) is 14.9. The van der Waals surface area contributed by atoms with Crippen LogP contribution in [0, 0.1) is 11.8 Å². The fraction of sp³-hybridized carbons (Fsp3) is 0.556. The van der Waals surface area contributed by atoms with Crippen molar-refractivity contribution in [2.45, 2.75) is 38.1 Å². The van der Waals surface area contributed by atoms with E-state index < -0.39 is 23.7 Å². The van der Waals surface area contributed by atoms with Crippen molar-refractivity contribution in [1.29, 1.82) is 0 Å². The number of hydrogen-bond acceptors (Lipinski definition) is 4. The summed E-state index contributed by atoms with van der Waals surface area (Å²) in [6, 6.07) is 6.16. The van der Waals surface area contributed by atoms with Gasteiger partial charge in [0.1, 0.15) is 0 Å². The summed E-state index contributed by atoms with van der Waals surface area (Å²) in [5.41, 5.74) is -2.19. The number of rotatable bonds is 2. The van der Waals surface area contributed by atoms with Gasteiger partial charge >= 0.3 is 6.18 Å². The maximum absolute atomic E-state index is 13.8. The fourth-order valence-electron chi connectivity index (χ4n) is 3.64. The molecular weight excluding hydrogens is 347 g/mol. The van der Waals surface area contributed by atoms with Crippen LogP contribution in [0.25, 0.3) is 0 Å². The lowest BCUT2D eigenvalue weighted by Gasteiger charge is -2.39. The summed E-state index contributed by atoms with van der Waals surface area (Å²) in [5.74, 6) is -2.14. The Morgan fingerprint density at radius 3 is 2.46 bits per heavy atom. The Morgan fingerprint density at radius 2 is 1.92 bits per heavy atom. The molecule has 0 spiro atoms. The summed E-state index contributed by atoms with van der Waals surface area (Å²) in [5, 5.41) is 14.8. The van der Waals surface area contributed by atoms with E-state index in [4.69, 9.17) is 0 Å². The molecular formula is C18H22F3N3O2. The highest BCUT2D eigenvalue weighted by atomic mass is 19.4. The molecule has 1 aliphatic carbocycles. The number of nitrogens with zero attached hydrogens (tertiary/aromatic N) is 3.